The van der Waals surface area contributed by atoms with Gasteiger partial charge in [-0.2, -0.15) is 0 Å². The summed E-state index contributed by atoms with van der Waals surface area (Å²) in [6, 6.07) is 11.6. The van der Waals surface area contributed by atoms with E-state index in [9.17, 15) is 19.2 Å². The van der Waals surface area contributed by atoms with Crippen LogP contribution in [0, 0.1) is 6.92 Å². The quantitative estimate of drug-likeness (QED) is 0.568. The van der Waals surface area contributed by atoms with Gasteiger partial charge in [0.15, 0.2) is 6.61 Å². The fourth-order valence-corrected chi connectivity index (χ4v) is 2.51. The third-order valence-corrected chi connectivity index (χ3v) is 3.83. The summed E-state index contributed by atoms with van der Waals surface area (Å²) >= 11 is 0. The summed E-state index contributed by atoms with van der Waals surface area (Å²) in [4.78, 5) is 47.1. The Kier molecular flexibility index (Phi) is 7.92. The second kappa shape index (κ2) is 10.6. The fraction of sp³-hybridized carbons (Fsp3) is 0.238. The van der Waals surface area contributed by atoms with Crippen molar-refractivity contribution in [2.75, 3.05) is 30.9 Å². The molecule has 0 bridgehead atoms. The lowest BCUT2D eigenvalue weighted by atomic mass is 10.1. The summed E-state index contributed by atoms with van der Waals surface area (Å²) < 4.78 is 10.0. The molecule has 0 aliphatic carbocycles. The van der Waals surface area contributed by atoms with Crippen LogP contribution in [0.15, 0.2) is 42.5 Å². The molecule has 0 heterocycles. The zero-order valence-electron chi connectivity index (χ0n) is 16.9. The first-order valence-corrected chi connectivity index (χ1v) is 9.04. The van der Waals surface area contributed by atoms with Crippen LogP contribution in [-0.2, 0) is 19.1 Å². The van der Waals surface area contributed by atoms with E-state index in [1.807, 2.05) is 13.0 Å². The van der Waals surface area contributed by atoms with Crippen LogP contribution in [0.1, 0.15) is 22.8 Å². The summed E-state index contributed by atoms with van der Waals surface area (Å²) in [7, 11) is 1.43. The number of ether oxygens (including phenoxy) is 2. The summed E-state index contributed by atoms with van der Waals surface area (Å²) in [5.41, 5.74) is 2.11. The van der Waals surface area contributed by atoms with E-state index in [-0.39, 0.29) is 12.5 Å². The Morgan fingerprint density at radius 1 is 1.00 bits per heavy atom. The second-order valence-corrected chi connectivity index (χ2v) is 6.36. The van der Waals surface area contributed by atoms with E-state index in [0.717, 1.165) is 5.56 Å². The average Bonchev–Trinajstić information content (AvgIpc) is 2.70. The van der Waals surface area contributed by atoms with Crippen LogP contribution in [0.5, 0.6) is 5.75 Å². The zero-order chi connectivity index (χ0) is 22.1. The van der Waals surface area contributed by atoms with Crippen molar-refractivity contribution in [3.63, 3.8) is 0 Å². The van der Waals surface area contributed by atoms with Gasteiger partial charge in [-0.25, -0.2) is 0 Å². The van der Waals surface area contributed by atoms with Crippen molar-refractivity contribution < 1.29 is 28.7 Å². The standard InChI is InChI=1S/C21H23N3O6/c1-13-5-4-6-15(9-13)21(28)22-11-20(27)30-12-19(26)24-17-10-16(23-14(2)25)7-8-18(17)29-3/h4-10H,11-12H2,1-3H3,(H,22,28)(H,23,25)(H,24,26). The molecule has 0 saturated heterocycles. The first-order chi connectivity index (χ1) is 14.3. The highest BCUT2D eigenvalue weighted by Crippen LogP contribution is 2.27. The molecular weight excluding hydrogens is 390 g/mol. The first kappa shape index (κ1) is 22.4. The Labute approximate surface area is 173 Å². The summed E-state index contributed by atoms with van der Waals surface area (Å²) in [5, 5.41) is 7.58. The van der Waals surface area contributed by atoms with Gasteiger partial charge in [-0.3, -0.25) is 19.2 Å². The molecule has 0 saturated carbocycles. The predicted octanol–water partition coefficient (Wildman–Crippen LogP) is 1.87. The van der Waals surface area contributed by atoms with Crippen molar-refractivity contribution in [2.24, 2.45) is 0 Å². The van der Waals surface area contributed by atoms with Crippen LogP contribution >= 0.6 is 0 Å². The van der Waals surface area contributed by atoms with Crippen molar-refractivity contribution >= 4 is 35.1 Å². The van der Waals surface area contributed by atoms with Crippen molar-refractivity contribution in [3.05, 3.63) is 53.6 Å². The molecule has 3 N–H and O–H groups in total. The Balaban J connectivity index is 1.84. The molecule has 158 valence electrons. The number of anilines is 2. The fourth-order valence-electron chi connectivity index (χ4n) is 2.51. The van der Waals surface area contributed by atoms with E-state index in [2.05, 4.69) is 16.0 Å². The van der Waals surface area contributed by atoms with E-state index in [4.69, 9.17) is 9.47 Å². The normalized spacial score (nSPS) is 9.97. The van der Waals surface area contributed by atoms with Crippen LogP contribution in [0.3, 0.4) is 0 Å². The minimum Gasteiger partial charge on any atom is -0.495 e. The van der Waals surface area contributed by atoms with Crippen LogP contribution < -0.4 is 20.7 Å². The molecule has 9 heteroatoms. The maximum Gasteiger partial charge on any atom is 0.325 e. The number of esters is 1. The van der Waals surface area contributed by atoms with Crippen LogP contribution in [0.4, 0.5) is 11.4 Å². The van der Waals surface area contributed by atoms with Gasteiger partial charge in [0.25, 0.3) is 11.8 Å². The summed E-state index contributed by atoms with van der Waals surface area (Å²) in [6.07, 6.45) is 0. The van der Waals surface area contributed by atoms with Crippen molar-refractivity contribution in [1.29, 1.82) is 0 Å². The van der Waals surface area contributed by atoms with E-state index < -0.39 is 24.4 Å². The van der Waals surface area contributed by atoms with E-state index in [0.29, 0.717) is 22.7 Å². The van der Waals surface area contributed by atoms with Crippen LogP contribution in [0.25, 0.3) is 0 Å². The topological polar surface area (TPSA) is 123 Å². The van der Waals surface area contributed by atoms with Crippen molar-refractivity contribution in [2.45, 2.75) is 13.8 Å². The minimum absolute atomic E-state index is 0.265. The third-order valence-electron chi connectivity index (χ3n) is 3.83. The van der Waals surface area contributed by atoms with Gasteiger partial charge >= 0.3 is 5.97 Å². The van der Waals surface area contributed by atoms with Crippen molar-refractivity contribution in [1.82, 2.24) is 5.32 Å². The molecule has 9 nitrogen and oxygen atoms in total. The zero-order valence-corrected chi connectivity index (χ0v) is 16.9. The monoisotopic (exact) mass is 413 g/mol. The number of methoxy groups -OCH3 is 1. The number of rotatable bonds is 8. The molecule has 30 heavy (non-hydrogen) atoms. The molecule has 0 fully saturated rings. The maximum absolute atomic E-state index is 12.1. The number of carbonyl (C=O) groups is 4. The smallest absolute Gasteiger partial charge is 0.325 e. The van der Waals surface area contributed by atoms with Gasteiger partial charge in [-0.1, -0.05) is 17.7 Å². The van der Waals surface area contributed by atoms with Gasteiger partial charge in [-0.15, -0.1) is 0 Å². The highest BCUT2D eigenvalue weighted by Gasteiger charge is 2.13. The highest BCUT2D eigenvalue weighted by molar-refractivity contribution is 5.97. The van der Waals surface area contributed by atoms with Gasteiger partial charge in [-0.05, 0) is 37.3 Å². The predicted molar refractivity (Wildman–Crippen MR) is 110 cm³/mol. The summed E-state index contributed by atoms with van der Waals surface area (Å²) in [5.74, 6) is -1.68. The van der Waals surface area contributed by atoms with Crippen LogP contribution in [0.2, 0.25) is 0 Å². The molecule has 2 rings (SSSR count). The largest absolute Gasteiger partial charge is 0.495 e. The molecule has 0 aromatic heterocycles. The number of benzene rings is 2. The average molecular weight is 413 g/mol. The molecule has 0 spiro atoms. The Morgan fingerprint density at radius 2 is 1.77 bits per heavy atom. The summed E-state index contributed by atoms with van der Waals surface area (Å²) in [6.45, 7) is 2.29. The molecule has 0 atom stereocenters. The molecule has 3 amide bonds. The molecule has 2 aromatic rings. The van der Waals surface area contributed by atoms with Gasteiger partial charge < -0.3 is 25.4 Å². The Morgan fingerprint density at radius 3 is 2.43 bits per heavy atom. The third kappa shape index (κ3) is 6.93. The first-order valence-electron chi connectivity index (χ1n) is 9.04. The second-order valence-electron chi connectivity index (χ2n) is 6.36. The molecule has 0 aliphatic heterocycles. The lowest BCUT2D eigenvalue weighted by Crippen LogP contribution is -2.32. The van der Waals surface area contributed by atoms with Crippen molar-refractivity contribution in [3.8, 4) is 5.75 Å². The number of aryl methyl sites for hydroxylation is 1. The van der Waals surface area contributed by atoms with Gasteiger partial charge in [0.05, 0.1) is 12.8 Å². The van der Waals surface area contributed by atoms with Gasteiger partial charge in [0.2, 0.25) is 5.91 Å². The molecule has 2 aromatic carbocycles. The van der Waals surface area contributed by atoms with E-state index >= 15 is 0 Å². The Hall–Kier alpha value is -3.88. The number of nitrogens with one attached hydrogen (secondary N) is 3. The number of amides is 3. The SMILES string of the molecule is COc1ccc(NC(C)=O)cc1NC(=O)COC(=O)CNC(=O)c1cccc(C)c1. The number of hydrogen-bond donors (Lipinski definition) is 3. The minimum atomic E-state index is -0.759. The van der Waals surface area contributed by atoms with Gasteiger partial charge in [0, 0.05) is 18.2 Å². The van der Waals surface area contributed by atoms with Gasteiger partial charge in [0.1, 0.15) is 12.3 Å². The van der Waals surface area contributed by atoms with Crippen LogP contribution in [-0.4, -0.2) is 44.0 Å². The van der Waals surface area contributed by atoms with E-state index in [1.54, 1.807) is 30.3 Å². The highest BCUT2D eigenvalue weighted by atomic mass is 16.5. The Bertz CT molecular complexity index is 958. The number of hydrogen-bond acceptors (Lipinski definition) is 6. The molecule has 0 aliphatic rings. The number of carbonyl (C=O) groups excluding carboxylic acids is 4. The van der Waals surface area contributed by atoms with E-state index in [1.165, 1.54) is 20.1 Å². The lowest BCUT2D eigenvalue weighted by Gasteiger charge is -2.12. The molecule has 0 radical (unpaired) electrons. The lowest BCUT2D eigenvalue weighted by molar-refractivity contribution is -0.146. The molecular formula is C21H23N3O6. The maximum atomic E-state index is 12.1. The molecule has 0 unspecified atom stereocenters.